The average molecular weight is 342 g/mol. The number of nitrogens with one attached hydrogen (secondary N) is 3. The van der Waals surface area contributed by atoms with Crippen molar-refractivity contribution in [1.29, 1.82) is 0 Å². The van der Waals surface area contributed by atoms with Gasteiger partial charge < -0.3 is 10.2 Å². The molecule has 2 aromatic carbocycles. The van der Waals surface area contributed by atoms with Gasteiger partial charge in [0.1, 0.15) is 5.82 Å². The van der Waals surface area contributed by atoms with Gasteiger partial charge in [-0.2, -0.15) is 0 Å². The first-order valence-corrected chi connectivity index (χ1v) is 8.80. The fourth-order valence-electron chi connectivity index (χ4n) is 3.38. The van der Waals surface area contributed by atoms with Crippen molar-refractivity contribution in [2.24, 2.45) is 5.92 Å². The zero-order chi connectivity index (χ0) is 17.6. The van der Waals surface area contributed by atoms with Crippen molar-refractivity contribution in [2.75, 3.05) is 33.7 Å². The van der Waals surface area contributed by atoms with E-state index >= 15 is 0 Å². The van der Waals surface area contributed by atoms with E-state index in [-0.39, 0.29) is 17.9 Å². The van der Waals surface area contributed by atoms with Crippen LogP contribution < -0.4 is 16.2 Å². The zero-order valence-electron chi connectivity index (χ0n) is 14.9. The smallest absolute Gasteiger partial charge is 0.123 e. The highest BCUT2D eigenvalue weighted by atomic mass is 19.1. The molecule has 3 unspecified atom stereocenters. The van der Waals surface area contributed by atoms with E-state index in [1.54, 1.807) is 0 Å². The van der Waals surface area contributed by atoms with Gasteiger partial charge in [-0.05, 0) is 37.4 Å². The summed E-state index contributed by atoms with van der Waals surface area (Å²) >= 11 is 0. The van der Waals surface area contributed by atoms with E-state index in [9.17, 15) is 4.39 Å². The second-order valence-electron chi connectivity index (χ2n) is 6.95. The Morgan fingerprint density at radius 2 is 1.84 bits per heavy atom. The molecule has 0 spiro atoms. The molecule has 0 aliphatic carbocycles. The Kier molecular flexibility index (Phi) is 6.15. The summed E-state index contributed by atoms with van der Waals surface area (Å²) in [5.41, 5.74) is 8.98. The Bertz CT molecular complexity index is 645. The third-order valence-corrected chi connectivity index (χ3v) is 4.70. The summed E-state index contributed by atoms with van der Waals surface area (Å²) in [5, 5.41) is 3.72. The SMILES string of the molecule is CN(C)CC(NCC1CNNC1c1ccc(F)cc1)c1ccccc1. The number of likely N-dealkylation sites (N-methyl/N-ethyl adjacent to an activating group) is 1. The van der Waals surface area contributed by atoms with Gasteiger partial charge in [0.25, 0.3) is 0 Å². The molecule has 1 aliphatic rings. The normalized spacial score (nSPS) is 21.6. The van der Waals surface area contributed by atoms with Gasteiger partial charge in [0.15, 0.2) is 0 Å². The van der Waals surface area contributed by atoms with Crippen molar-refractivity contribution in [3.05, 3.63) is 71.5 Å². The van der Waals surface area contributed by atoms with Crippen molar-refractivity contribution in [2.45, 2.75) is 12.1 Å². The first-order chi connectivity index (χ1) is 12.1. The summed E-state index contributed by atoms with van der Waals surface area (Å²) in [6.07, 6.45) is 0. The number of rotatable bonds is 7. The van der Waals surface area contributed by atoms with E-state index in [0.717, 1.165) is 25.2 Å². The Morgan fingerprint density at radius 3 is 2.52 bits per heavy atom. The molecule has 1 saturated heterocycles. The maximum Gasteiger partial charge on any atom is 0.123 e. The summed E-state index contributed by atoms with van der Waals surface area (Å²) < 4.78 is 13.2. The summed E-state index contributed by atoms with van der Waals surface area (Å²) in [4.78, 5) is 2.20. The van der Waals surface area contributed by atoms with Gasteiger partial charge in [0.2, 0.25) is 0 Å². The van der Waals surface area contributed by atoms with Crippen LogP contribution in [-0.4, -0.2) is 38.6 Å². The number of hydrazine groups is 1. The molecule has 5 heteroatoms. The fraction of sp³-hybridized carbons (Fsp3) is 0.400. The molecule has 0 saturated carbocycles. The standard InChI is InChI=1S/C20H27FN4/c1-25(2)14-19(15-6-4-3-5-7-15)22-12-17-13-23-24-20(17)16-8-10-18(21)11-9-16/h3-11,17,19-20,22-24H,12-14H2,1-2H3. The van der Waals surface area contributed by atoms with Gasteiger partial charge in [-0.3, -0.25) is 5.43 Å². The van der Waals surface area contributed by atoms with E-state index in [0.29, 0.717) is 5.92 Å². The monoisotopic (exact) mass is 342 g/mol. The lowest BCUT2D eigenvalue weighted by Crippen LogP contribution is -2.36. The fourth-order valence-corrected chi connectivity index (χ4v) is 3.38. The van der Waals surface area contributed by atoms with Crippen molar-refractivity contribution < 1.29 is 4.39 Å². The van der Waals surface area contributed by atoms with Crippen LogP contribution in [0.5, 0.6) is 0 Å². The molecule has 3 atom stereocenters. The minimum Gasteiger partial charge on any atom is -0.308 e. The molecule has 0 aromatic heterocycles. The lowest BCUT2D eigenvalue weighted by molar-refractivity contribution is 0.323. The topological polar surface area (TPSA) is 39.3 Å². The van der Waals surface area contributed by atoms with Crippen LogP contribution >= 0.6 is 0 Å². The van der Waals surface area contributed by atoms with Crippen LogP contribution in [0.2, 0.25) is 0 Å². The van der Waals surface area contributed by atoms with Crippen LogP contribution in [0.15, 0.2) is 54.6 Å². The summed E-state index contributed by atoms with van der Waals surface area (Å²) in [6, 6.07) is 17.8. The van der Waals surface area contributed by atoms with E-state index in [2.05, 4.69) is 59.4 Å². The minimum atomic E-state index is -0.195. The van der Waals surface area contributed by atoms with Gasteiger partial charge in [0.05, 0.1) is 6.04 Å². The summed E-state index contributed by atoms with van der Waals surface area (Å²) in [5.74, 6) is 0.207. The molecule has 2 aromatic rings. The van der Waals surface area contributed by atoms with Gasteiger partial charge in [-0.25, -0.2) is 9.82 Å². The lowest BCUT2D eigenvalue weighted by Gasteiger charge is -2.26. The molecule has 3 rings (SSSR count). The van der Waals surface area contributed by atoms with Crippen LogP contribution in [0, 0.1) is 11.7 Å². The molecule has 25 heavy (non-hydrogen) atoms. The van der Waals surface area contributed by atoms with Crippen LogP contribution in [0.3, 0.4) is 0 Å². The van der Waals surface area contributed by atoms with Crippen molar-refractivity contribution >= 4 is 0 Å². The highest BCUT2D eigenvalue weighted by Crippen LogP contribution is 2.25. The summed E-state index contributed by atoms with van der Waals surface area (Å²) in [6.45, 7) is 2.72. The predicted molar refractivity (Wildman–Crippen MR) is 99.5 cm³/mol. The van der Waals surface area contributed by atoms with Gasteiger partial charge in [0, 0.05) is 31.6 Å². The minimum absolute atomic E-state index is 0.184. The molecule has 1 heterocycles. The van der Waals surface area contributed by atoms with Gasteiger partial charge >= 0.3 is 0 Å². The van der Waals surface area contributed by atoms with Crippen molar-refractivity contribution in [3.8, 4) is 0 Å². The number of halogens is 1. The number of nitrogens with zero attached hydrogens (tertiary/aromatic N) is 1. The first kappa shape index (κ1) is 18.0. The third-order valence-electron chi connectivity index (χ3n) is 4.70. The first-order valence-electron chi connectivity index (χ1n) is 8.80. The molecule has 0 bridgehead atoms. The number of benzene rings is 2. The van der Waals surface area contributed by atoms with Crippen LogP contribution in [0.1, 0.15) is 23.2 Å². The molecule has 4 nitrogen and oxygen atoms in total. The summed E-state index contributed by atoms with van der Waals surface area (Å²) in [7, 11) is 4.19. The van der Waals surface area contributed by atoms with Gasteiger partial charge in [-0.15, -0.1) is 0 Å². The van der Waals surface area contributed by atoms with E-state index in [1.165, 1.54) is 17.7 Å². The molecule has 0 radical (unpaired) electrons. The molecular formula is C20H27FN4. The van der Waals surface area contributed by atoms with Crippen LogP contribution in [-0.2, 0) is 0 Å². The highest BCUT2D eigenvalue weighted by molar-refractivity contribution is 5.22. The average Bonchev–Trinajstić information content (AvgIpc) is 3.08. The van der Waals surface area contributed by atoms with Crippen molar-refractivity contribution in [1.82, 2.24) is 21.1 Å². The zero-order valence-corrected chi connectivity index (χ0v) is 14.9. The largest absolute Gasteiger partial charge is 0.308 e. The Morgan fingerprint density at radius 1 is 1.12 bits per heavy atom. The Hall–Kier alpha value is -1.79. The van der Waals surface area contributed by atoms with Crippen molar-refractivity contribution in [3.63, 3.8) is 0 Å². The Labute approximate surface area is 149 Å². The third kappa shape index (κ3) is 4.86. The molecular weight excluding hydrogens is 315 g/mol. The number of hydrogen-bond donors (Lipinski definition) is 3. The maximum atomic E-state index is 13.2. The van der Waals surface area contributed by atoms with Gasteiger partial charge in [-0.1, -0.05) is 42.5 Å². The molecule has 1 fully saturated rings. The number of hydrogen-bond acceptors (Lipinski definition) is 4. The lowest BCUT2D eigenvalue weighted by atomic mass is 9.94. The predicted octanol–water partition coefficient (Wildman–Crippen LogP) is 2.48. The van der Waals surface area contributed by atoms with Crippen LogP contribution in [0.25, 0.3) is 0 Å². The quantitative estimate of drug-likeness (QED) is 0.723. The maximum absolute atomic E-state index is 13.2. The molecule has 134 valence electrons. The highest BCUT2D eigenvalue weighted by Gasteiger charge is 2.28. The molecule has 3 N–H and O–H groups in total. The van der Waals surface area contributed by atoms with E-state index in [1.807, 2.05) is 18.2 Å². The second-order valence-corrected chi connectivity index (χ2v) is 6.95. The molecule has 1 aliphatic heterocycles. The van der Waals surface area contributed by atoms with E-state index in [4.69, 9.17) is 0 Å². The van der Waals surface area contributed by atoms with Crippen LogP contribution in [0.4, 0.5) is 4.39 Å². The molecule has 0 amide bonds. The Balaban J connectivity index is 1.66. The second kappa shape index (κ2) is 8.54. The van der Waals surface area contributed by atoms with E-state index < -0.39 is 0 Å².